The molecule has 0 unspecified atom stereocenters. The molecule has 1 aliphatic carbocycles. The number of amides is 1. The predicted octanol–water partition coefficient (Wildman–Crippen LogP) is 2.54. The number of hydrogen-bond donors (Lipinski definition) is 2. The first kappa shape index (κ1) is 15.9. The van der Waals surface area contributed by atoms with E-state index >= 15 is 0 Å². The molecule has 0 aliphatic heterocycles. The minimum atomic E-state index is -0.463. The van der Waals surface area contributed by atoms with Crippen molar-refractivity contribution in [2.45, 2.75) is 25.3 Å². The Kier molecular flexibility index (Phi) is 4.69. The van der Waals surface area contributed by atoms with Crippen LogP contribution in [-0.4, -0.2) is 28.4 Å². The normalized spacial score (nSPS) is 13.3. The second-order valence-electron chi connectivity index (χ2n) is 5.73. The zero-order chi connectivity index (χ0) is 16.9. The van der Waals surface area contributed by atoms with Crippen LogP contribution in [-0.2, 0) is 6.42 Å². The Balaban J connectivity index is 1.63. The lowest BCUT2D eigenvalue weighted by molar-refractivity contribution is -0.384. The zero-order valence-electron chi connectivity index (χ0n) is 13.1. The molecule has 0 saturated heterocycles. The molecule has 0 bridgehead atoms. The zero-order valence-corrected chi connectivity index (χ0v) is 13.1. The van der Waals surface area contributed by atoms with Crippen molar-refractivity contribution in [1.82, 2.24) is 10.3 Å². The van der Waals surface area contributed by atoms with Crippen LogP contribution in [0.25, 0.3) is 0 Å². The molecule has 1 saturated carbocycles. The first-order valence-corrected chi connectivity index (χ1v) is 7.86. The van der Waals surface area contributed by atoms with Gasteiger partial charge in [0.05, 0.1) is 4.92 Å². The molecule has 1 amide bonds. The number of nitrogens with zero attached hydrogens (tertiary/aromatic N) is 2. The molecular weight excluding hydrogens is 308 g/mol. The van der Waals surface area contributed by atoms with Gasteiger partial charge >= 0.3 is 0 Å². The van der Waals surface area contributed by atoms with Crippen molar-refractivity contribution in [1.29, 1.82) is 0 Å². The molecule has 2 N–H and O–H groups in total. The van der Waals surface area contributed by atoms with Gasteiger partial charge in [-0.25, -0.2) is 0 Å². The van der Waals surface area contributed by atoms with Crippen molar-refractivity contribution in [2.24, 2.45) is 0 Å². The van der Waals surface area contributed by atoms with E-state index in [9.17, 15) is 14.9 Å². The minimum Gasteiger partial charge on any atom is -0.377 e. The Morgan fingerprint density at radius 1 is 1.29 bits per heavy atom. The Bertz CT molecular complexity index is 745. The van der Waals surface area contributed by atoms with Gasteiger partial charge in [-0.15, -0.1) is 0 Å². The number of carbonyl (C=O) groups excluding carboxylic acids is 1. The van der Waals surface area contributed by atoms with E-state index in [0.717, 1.165) is 18.5 Å². The van der Waals surface area contributed by atoms with Crippen LogP contribution in [0.4, 0.5) is 11.4 Å². The van der Waals surface area contributed by atoms with Crippen molar-refractivity contribution in [3.05, 3.63) is 64.0 Å². The average Bonchev–Trinajstić information content (AvgIpc) is 3.40. The first-order chi connectivity index (χ1) is 11.6. The molecule has 1 aromatic heterocycles. The van der Waals surface area contributed by atoms with E-state index in [-0.39, 0.29) is 17.2 Å². The van der Waals surface area contributed by atoms with Crippen molar-refractivity contribution >= 4 is 17.3 Å². The summed E-state index contributed by atoms with van der Waals surface area (Å²) in [6.45, 7) is 0.422. The summed E-state index contributed by atoms with van der Waals surface area (Å²) in [6, 6.07) is 10.4. The summed E-state index contributed by atoms with van der Waals surface area (Å²) in [5.74, 6) is -0.327. The molecule has 1 heterocycles. The average molecular weight is 326 g/mol. The van der Waals surface area contributed by atoms with E-state index in [1.165, 1.54) is 6.07 Å². The maximum Gasteiger partial charge on any atom is 0.293 e. The fourth-order valence-corrected chi connectivity index (χ4v) is 2.35. The summed E-state index contributed by atoms with van der Waals surface area (Å²) < 4.78 is 0. The van der Waals surface area contributed by atoms with Gasteiger partial charge in [0.2, 0.25) is 0 Å². The number of nitro benzene ring substituents is 1. The summed E-state index contributed by atoms with van der Waals surface area (Å²) >= 11 is 0. The molecule has 1 aromatic carbocycles. The first-order valence-electron chi connectivity index (χ1n) is 7.86. The number of benzene rings is 1. The second-order valence-corrected chi connectivity index (χ2v) is 5.73. The van der Waals surface area contributed by atoms with Gasteiger partial charge in [-0.3, -0.25) is 19.9 Å². The SMILES string of the molecule is O=C(NCCc1ccccn1)c1ccc(NC2CC2)c([N+](=O)[O-])c1. The lowest BCUT2D eigenvalue weighted by Crippen LogP contribution is -2.26. The summed E-state index contributed by atoms with van der Waals surface area (Å²) in [4.78, 5) is 27.1. The molecule has 1 aliphatic rings. The van der Waals surface area contributed by atoms with Crippen LogP contribution in [0.2, 0.25) is 0 Å². The topological polar surface area (TPSA) is 97.2 Å². The molecule has 124 valence electrons. The van der Waals surface area contributed by atoms with Gasteiger partial charge in [-0.05, 0) is 37.1 Å². The van der Waals surface area contributed by atoms with E-state index in [1.54, 1.807) is 18.3 Å². The Hall–Kier alpha value is -2.96. The van der Waals surface area contributed by atoms with Crippen LogP contribution in [0, 0.1) is 10.1 Å². The number of pyridine rings is 1. The van der Waals surface area contributed by atoms with E-state index in [1.807, 2.05) is 18.2 Å². The molecule has 24 heavy (non-hydrogen) atoms. The van der Waals surface area contributed by atoms with Crippen LogP contribution in [0.5, 0.6) is 0 Å². The number of nitro groups is 1. The van der Waals surface area contributed by atoms with Crippen molar-refractivity contribution in [2.75, 3.05) is 11.9 Å². The number of anilines is 1. The van der Waals surface area contributed by atoms with E-state index in [2.05, 4.69) is 15.6 Å². The number of hydrogen-bond acceptors (Lipinski definition) is 5. The predicted molar refractivity (Wildman–Crippen MR) is 90.0 cm³/mol. The highest BCUT2D eigenvalue weighted by Gasteiger charge is 2.25. The summed E-state index contributed by atoms with van der Waals surface area (Å²) in [5, 5.41) is 17.1. The monoisotopic (exact) mass is 326 g/mol. The van der Waals surface area contributed by atoms with Crippen LogP contribution in [0.15, 0.2) is 42.6 Å². The smallest absolute Gasteiger partial charge is 0.293 e. The molecule has 2 aromatic rings. The van der Waals surface area contributed by atoms with Gasteiger partial charge in [0.25, 0.3) is 11.6 Å². The summed E-state index contributed by atoms with van der Waals surface area (Å²) in [6.07, 6.45) is 4.35. The molecule has 0 spiro atoms. The largest absolute Gasteiger partial charge is 0.377 e. The number of aromatic nitrogens is 1. The fourth-order valence-electron chi connectivity index (χ4n) is 2.35. The van der Waals surface area contributed by atoms with E-state index in [4.69, 9.17) is 0 Å². The molecule has 7 nitrogen and oxygen atoms in total. The van der Waals surface area contributed by atoms with Crippen LogP contribution >= 0.6 is 0 Å². The highest BCUT2D eigenvalue weighted by atomic mass is 16.6. The maximum absolute atomic E-state index is 12.2. The maximum atomic E-state index is 12.2. The fraction of sp³-hybridized carbons (Fsp3) is 0.294. The number of carbonyl (C=O) groups is 1. The molecule has 7 heteroatoms. The van der Waals surface area contributed by atoms with Gasteiger partial charge in [0, 0.05) is 42.5 Å². The lowest BCUT2D eigenvalue weighted by Gasteiger charge is -2.08. The molecule has 0 atom stereocenters. The molecule has 0 radical (unpaired) electrons. The van der Waals surface area contributed by atoms with Gasteiger partial charge in [0.1, 0.15) is 5.69 Å². The van der Waals surface area contributed by atoms with Crippen molar-refractivity contribution in [3.8, 4) is 0 Å². The molecule has 3 rings (SSSR count). The lowest BCUT2D eigenvalue weighted by atomic mass is 10.1. The quantitative estimate of drug-likeness (QED) is 0.602. The van der Waals surface area contributed by atoms with Crippen LogP contribution in [0.3, 0.4) is 0 Å². The van der Waals surface area contributed by atoms with Gasteiger partial charge in [0.15, 0.2) is 0 Å². The summed E-state index contributed by atoms with van der Waals surface area (Å²) in [7, 11) is 0. The third-order valence-electron chi connectivity index (χ3n) is 3.79. The summed E-state index contributed by atoms with van der Waals surface area (Å²) in [5.41, 5.74) is 1.56. The Morgan fingerprint density at radius 3 is 2.79 bits per heavy atom. The molecule has 1 fully saturated rings. The second kappa shape index (κ2) is 7.08. The van der Waals surface area contributed by atoms with E-state index < -0.39 is 4.92 Å². The minimum absolute atomic E-state index is 0.0701. The van der Waals surface area contributed by atoms with Crippen molar-refractivity contribution in [3.63, 3.8) is 0 Å². The highest BCUT2D eigenvalue weighted by molar-refractivity contribution is 5.95. The van der Waals surface area contributed by atoms with E-state index in [0.29, 0.717) is 24.7 Å². The van der Waals surface area contributed by atoms with Crippen molar-refractivity contribution < 1.29 is 9.72 Å². The third kappa shape index (κ3) is 4.07. The standard InChI is InChI=1S/C17H18N4O3/c22-17(19-10-8-13-3-1-2-9-18-13)12-4-7-15(20-14-5-6-14)16(11-12)21(23)24/h1-4,7,9,11,14,20H,5-6,8,10H2,(H,19,22). The highest BCUT2D eigenvalue weighted by Crippen LogP contribution is 2.31. The number of nitrogens with one attached hydrogen (secondary N) is 2. The van der Waals surface area contributed by atoms with Gasteiger partial charge < -0.3 is 10.6 Å². The van der Waals surface area contributed by atoms with Crippen LogP contribution in [0.1, 0.15) is 28.9 Å². The van der Waals surface area contributed by atoms with Gasteiger partial charge in [-0.1, -0.05) is 6.07 Å². The Labute approximate surface area is 139 Å². The Morgan fingerprint density at radius 2 is 2.12 bits per heavy atom. The van der Waals surface area contributed by atoms with Crippen LogP contribution < -0.4 is 10.6 Å². The van der Waals surface area contributed by atoms with Gasteiger partial charge in [-0.2, -0.15) is 0 Å². The third-order valence-corrected chi connectivity index (χ3v) is 3.79. The number of rotatable bonds is 7. The molecular formula is C17H18N4O3.